The quantitative estimate of drug-likeness (QED) is 0.318. The van der Waals surface area contributed by atoms with Crippen LogP contribution in [0.2, 0.25) is 5.82 Å². The number of hydrogen-bond donors (Lipinski definition) is 2. The highest BCUT2D eigenvalue weighted by molar-refractivity contribution is 6.39. The van der Waals surface area contributed by atoms with Gasteiger partial charge < -0.3 is 43.4 Å². The topological polar surface area (TPSA) is 122 Å². The van der Waals surface area contributed by atoms with E-state index in [1.54, 1.807) is 19.1 Å². The Labute approximate surface area is 247 Å². The third-order valence-electron chi connectivity index (χ3n) is 9.05. The number of aliphatic hydroxyl groups excluding tert-OH is 1. The summed E-state index contributed by atoms with van der Waals surface area (Å²) in [6, 6.07) is 12.1. The number of esters is 1. The van der Waals surface area contributed by atoms with E-state index in [0.29, 0.717) is 23.7 Å². The van der Waals surface area contributed by atoms with Gasteiger partial charge in [0.15, 0.2) is 12.9 Å². The van der Waals surface area contributed by atoms with Crippen LogP contribution in [0.4, 0.5) is 0 Å². The molecule has 8 atom stereocenters. The van der Waals surface area contributed by atoms with Crippen molar-refractivity contribution in [3.8, 4) is 17.2 Å². The minimum absolute atomic E-state index is 0.218. The monoisotopic (exact) mass is 583 g/mol. The van der Waals surface area contributed by atoms with Crippen LogP contribution in [0.25, 0.3) is 0 Å². The summed E-state index contributed by atoms with van der Waals surface area (Å²) < 4.78 is 41.2. The second-order valence-corrected chi connectivity index (χ2v) is 11.2. The molecule has 1 radical (unpaired) electrons. The van der Waals surface area contributed by atoms with E-state index in [-0.39, 0.29) is 23.1 Å². The van der Waals surface area contributed by atoms with Gasteiger partial charge in [0, 0.05) is 25.2 Å². The Morgan fingerprint density at radius 1 is 1.12 bits per heavy atom. The Bertz CT molecular complexity index is 1260. The highest BCUT2D eigenvalue weighted by atomic mass is 16.8. The zero-order chi connectivity index (χ0) is 30.2. The molecule has 0 aromatic heterocycles. The van der Waals surface area contributed by atoms with Crippen LogP contribution in [-0.2, 0) is 29.3 Å². The molecule has 2 aromatic carbocycles. The minimum atomic E-state index is -2.01. The summed E-state index contributed by atoms with van der Waals surface area (Å²) >= 11 is 0. The fraction of sp³-hybridized carbons (Fsp3) is 0.581. The normalized spacial score (nSPS) is 33.5. The van der Waals surface area contributed by atoms with E-state index in [9.17, 15) is 15.0 Å². The van der Waals surface area contributed by atoms with Gasteiger partial charge in [0.2, 0.25) is 6.29 Å². The van der Waals surface area contributed by atoms with E-state index in [4.69, 9.17) is 33.2 Å². The van der Waals surface area contributed by atoms with Crippen LogP contribution in [0.1, 0.15) is 50.7 Å². The highest BCUT2D eigenvalue weighted by Gasteiger charge is 2.75. The summed E-state index contributed by atoms with van der Waals surface area (Å²) in [5, 5.41) is 24.0. The third-order valence-corrected chi connectivity index (χ3v) is 9.05. The van der Waals surface area contributed by atoms with Gasteiger partial charge in [-0.15, -0.1) is 0 Å². The number of benzene rings is 2. The predicted octanol–water partition coefficient (Wildman–Crippen LogP) is 3.34. The Balaban J connectivity index is 1.51. The van der Waals surface area contributed by atoms with Crippen LogP contribution in [-0.4, -0.2) is 81.7 Å². The van der Waals surface area contributed by atoms with E-state index in [2.05, 4.69) is 21.1 Å². The maximum Gasteiger partial charge on any atom is 0.312 e. The first-order valence-electron chi connectivity index (χ1n) is 14.4. The number of aliphatic hydroxyl groups is 2. The molecule has 2 heterocycles. The highest BCUT2D eigenvalue weighted by Crippen LogP contribution is 2.66. The number of methoxy groups -OCH3 is 3. The number of hydrogen-bond acceptors (Lipinski definition) is 10. The average Bonchev–Trinajstić information content (AvgIpc) is 3.34. The van der Waals surface area contributed by atoms with E-state index in [1.807, 2.05) is 30.3 Å². The Hall–Kier alpha value is -2.83. The van der Waals surface area contributed by atoms with Crippen LogP contribution >= 0.6 is 0 Å². The number of ether oxygens (including phenoxy) is 7. The van der Waals surface area contributed by atoms with Crippen LogP contribution in [0.15, 0.2) is 42.5 Å². The largest absolute Gasteiger partial charge is 0.496 e. The van der Waals surface area contributed by atoms with Crippen molar-refractivity contribution in [2.45, 2.75) is 81.2 Å². The van der Waals surface area contributed by atoms with Gasteiger partial charge in [0.05, 0.1) is 38.3 Å². The molecule has 42 heavy (non-hydrogen) atoms. The molecular formula is C31H40BO10. The molecule has 2 aliphatic heterocycles. The van der Waals surface area contributed by atoms with Gasteiger partial charge in [-0.3, -0.25) is 4.79 Å². The summed E-state index contributed by atoms with van der Waals surface area (Å²) in [7, 11) is 6.36. The molecule has 2 N–H and O–H groups in total. The van der Waals surface area contributed by atoms with Crippen molar-refractivity contribution in [2.24, 2.45) is 5.92 Å². The molecular weight excluding hydrogens is 543 g/mol. The molecule has 1 unspecified atom stereocenters. The molecule has 1 aliphatic carbocycles. The molecule has 11 heteroatoms. The van der Waals surface area contributed by atoms with Crippen molar-refractivity contribution in [2.75, 3.05) is 27.9 Å². The van der Waals surface area contributed by atoms with Crippen molar-refractivity contribution >= 4 is 13.2 Å². The maximum absolute atomic E-state index is 13.0. The second-order valence-electron chi connectivity index (χ2n) is 11.2. The molecule has 227 valence electrons. The Morgan fingerprint density at radius 2 is 1.83 bits per heavy atom. The lowest BCUT2D eigenvalue weighted by Crippen LogP contribution is -2.52. The van der Waals surface area contributed by atoms with Gasteiger partial charge in [-0.2, -0.15) is 0 Å². The smallest absolute Gasteiger partial charge is 0.312 e. The second kappa shape index (κ2) is 12.0. The van der Waals surface area contributed by atoms with E-state index >= 15 is 0 Å². The molecule has 0 bridgehead atoms. The van der Waals surface area contributed by atoms with Crippen molar-refractivity contribution in [3.05, 3.63) is 53.6 Å². The van der Waals surface area contributed by atoms with Gasteiger partial charge in [0.1, 0.15) is 29.0 Å². The average molecular weight is 583 g/mol. The van der Waals surface area contributed by atoms with Crippen LogP contribution in [0.5, 0.6) is 17.2 Å². The summed E-state index contributed by atoms with van der Waals surface area (Å²) in [4.78, 5) is 13.0. The molecule has 10 nitrogen and oxygen atoms in total. The molecule has 2 fully saturated rings. The van der Waals surface area contributed by atoms with Crippen molar-refractivity contribution in [3.63, 3.8) is 0 Å². The standard InChI is InChI=1S/C31H40BO10/c1-7-18(8-2)32-22-16-39-28(38-6)29(41-22)40-19-14-20(36-4)25-21(15-19)42-30(3)24(17-12-10-9-11-13-17)23(27(34)37-5)26(33)31(25,30)35/h9-15,18,22-24,26,28-29,33,35H,7-8,16H2,1-6H3/t22?,23-,24-,26-,28-,29-,30+,31+/m1/s1. The maximum atomic E-state index is 13.0. The third kappa shape index (κ3) is 4.85. The molecule has 0 amide bonds. The Kier molecular flexibility index (Phi) is 8.79. The first-order valence-corrected chi connectivity index (χ1v) is 14.4. The summed E-state index contributed by atoms with van der Waals surface area (Å²) in [5.41, 5.74) is -2.54. The summed E-state index contributed by atoms with van der Waals surface area (Å²) in [5.74, 6) is -1.32. The van der Waals surface area contributed by atoms with Crippen LogP contribution < -0.4 is 14.2 Å². The molecule has 3 aliphatic rings. The van der Waals surface area contributed by atoms with Crippen LogP contribution in [0.3, 0.4) is 0 Å². The number of carbonyl (C=O) groups is 1. The molecule has 1 saturated heterocycles. The molecule has 1 saturated carbocycles. The van der Waals surface area contributed by atoms with Crippen molar-refractivity contribution in [1.82, 2.24) is 0 Å². The SMILES string of the molecule is CCC([B]C1CO[C@@H](OC)[C@H](Oc2cc(OC)c3c(c2)O[C@@]2(C)[C@H](c4ccccc4)[C@@H](C(=O)OC)[C@@H](O)[C@@]32O)O1)CC. The predicted molar refractivity (Wildman–Crippen MR) is 153 cm³/mol. The van der Waals surface area contributed by atoms with Crippen LogP contribution in [0, 0.1) is 5.92 Å². The summed E-state index contributed by atoms with van der Waals surface area (Å²) in [6.07, 6.45) is -1.25. The zero-order valence-electron chi connectivity index (χ0n) is 24.9. The van der Waals surface area contributed by atoms with Gasteiger partial charge in [0.25, 0.3) is 6.29 Å². The molecule has 0 spiro atoms. The number of fused-ring (bicyclic) bond motifs is 3. The number of carbonyl (C=O) groups excluding carboxylic acids is 1. The zero-order valence-corrected chi connectivity index (χ0v) is 24.9. The van der Waals surface area contributed by atoms with Crippen molar-refractivity contribution < 1.29 is 48.2 Å². The van der Waals surface area contributed by atoms with E-state index in [0.717, 1.165) is 12.8 Å². The van der Waals surface area contributed by atoms with Gasteiger partial charge in [-0.25, -0.2) is 0 Å². The first-order chi connectivity index (χ1) is 20.2. The van der Waals surface area contributed by atoms with E-state index < -0.39 is 47.7 Å². The Morgan fingerprint density at radius 3 is 2.45 bits per heavy atom. The lowest BCUT2D eigenvalue weighted by molar-refractivity contribution is -0.299. The molecule has 2 aromatic rings. The van der Waals surface area contributed by atoms with Gasteiger partial charge in [-0.05, 0) is 12.5 Å². The van der Waals surface area contributed by atoms with Gasteiger partial charge >= 0.3 is 5.97 Å². The lowest BCUT2D eigenvalue weighted by atomic mass is 9.57. The fourth-order valence-corrected chi connectivity index (χ4v) is 6.83. The fourth-order valence-electron chi connectivity index (χ4n) is 6.83. The first kappa shape index (κ1) is 30.6. The van der Waals surface area contributed by atoms with E-state index in [1.165, 1.54) is 21.3 Å². The number of rotatable bonds is 10. The lowest BCUT2D eigenvalue weighted by Gasteiger charge is -2.37. The van der Waals surface area contributed by atoms with Crippen molar-refractivity contribution in [1.29, 1.82) is 0 Å². The minimum Gasteiger partial charge on any atom is -0.496 e. The molecule has 5 rings (SSSR count). The summed E-state index contributed by atoms with van der Waals surface area (Å²) in [6.45, 7) is 6.30. The van der Waals surface area contributed by atoms with Gasteiger partial charge in [-0.1, -0.05) is 62.8 Å².